The number of phenols is 1. The van der Waals surface area contributed by atoms with Gasteiger partial charge in [-0.1, -0.05) is 6.07 Å². The van der Waals surface area contributed by atoms with Crippen molar-refractivity contribution in [1.29, 1.82) is 0 Å². The third kappa shape index (κ3) is 3.11. The smallest absolute Gasteiger partial charge is 0.245 e. The topological polar surface area (TPSA) is 106 Å². The Morgan fingerprint density at radius 1 is 1.19 bits per heavy atom. The standard InChI is InChI=1S/C18H21N7O/c1-18(19)5-6-25(11-18)17-20-9-15(22-23-17)14-4-3-12(7-16(14)26)13-8-21-24(2)10-13/h3-4,7-10,26H,5-6,11,19H2,1-2H3. The number of aromatic nitrogens is 5. The average molecular weight is 351 g/mol. The summed E-state index contributed by atoms with van der Waals surface area (Å²) in [5, 5.41) is 23.0. The molecular weight excluding hydrogens is 330 g/mol. The summed E-state index contributed by atoms with van der Waals surface area (Å²) in [6.07, 6.45) is 6.18. The highest BCUT2D eigenvalue weighted by molar-refractivity contribution is 5.73. The SMILES string of the molecule is Cn1cc(-c2ccc(-c3cnc(N4CCC(C)(N)C4)nn3)c(O)c2)cn1. The lowest BCUT2D eigenvalue weighted by Crippen LogP contribution is -2.39. The summed E-state index contributed by atoms with van der Waals surface area (Å²) >= 11 is 0. The van der Waals surface area contributed by atoms with Gasteiger partial charge in [-0.15, -0.1) is 10.2 Å². The Balaban J connectivity index is 1.58. The molecule has 0 saturated carbocycles. The van der Waals surface area contributed by atoms with Crippen molar-refractivity contribution in [3.8, 4) is 28.1 Å². The molecule has 3 aromatic rings. The van der Waals surface area contributed by atoms with E-state index in [4.69, 9.17) is 5.73 Å². The molecule has 134 valence electrons. The van der Waals surface area contributed by atoms with E-state index in [1.54, 1.807) is 23.1 Å². The summed E-state index contributed by atoms with van der Waals surface area (Å²) in [7, 11) is 1.86. The fourth-order valence-corrected chi connectivity index (χ4v) is 3.19. The molecule has 1 unspecified atom stereocenters. The van der Waals surface area contributed by atoms with Crippen LogP contribution in [0.4, 0.5) is 5.95 Å². The highest BCUT2D eigenvalue weighted by atomic mass is 16.3. The first-order valence-corrected chi connectivity index (χ1v) is 8.47. The fraction of sp³-hybridized carbons (Fsp3) is 0.333. The van der Waals surface area contributed by atoms with Gasteiger partial charge in [0.1, 0.15) is 11.4 Å². The molecular formula is C18H21N7O. The van der Waals surface area contributed by atoms with Crippen molar-refractivity contribution in [2.75, 3.05) is 18.0 Å². The Labute approximate surface area is 151 Å². The van der Waals surface area contributed by atoms with E-state index in [0.717, 1.165) is 24.1 Å². The molecule has 1 aliphatic rings. The second-order valence-corrected chi connectivity index (χ2v) is 7.10. The molecule has 0 bridgehead atoms. The van der Waals surface area contributed by atoms with Gasteiger partial charge in [0.15, 0.2) is 0 Å². The van der Waals surface area contributed by atoms with E-state index in [-0.39, 0.29) is 11.3 Å². The lowest BCUT2D eigenvalue weighted by Gasteiger charge is -2.19. The molecule has 0 radical (unpaired) electrons. The molecule has 1 aromatic carbocycles. The average Bonchev–Trinajstić information content (AvgIpc) is 3.20. The Kier molecular flexibility index (Phi) is 3.84. The van der Waals surface area contributed by atoms with Gasteiger partial charge < -0.3 is 15.7 Å². The minimum absolute atomic E-state index is 0.130. The van der Waals surface area contributed by atoms with Crippen molar-refractivity contribution < 1.29 is 5.11 Å². The molecule has 8 nitrogen and oxygen atoms in total. The number of nitrogens with zero attached hydrogens (tertiary/aromatic N) is 6. The zero-order valence-corrected chi connectivity index (χ0v) is 14.8. The van der Waals surface area contributed by atoms with Crippen LogP contribution < -0.4 is 10.6 Å². The maximum Gasteiger partial charge on any atom is 0.245 e. The van der Waals surface area contributed by atoms with Crippen molar-refractivity contribution >= 4 is 5.95 Å². The number of nitrogens with two attached hydrogens (primary N) is 1. The van der Waals surface area contributed by atoms with E-state index in [1.165, 1.54) is 0 Å². The molecule has 8 heteroatoms. The maximum atomic E-state index is 10.4. The van der Waals surface area contributed by atoms with E-state index < -0.39 is 0 Å². The van der Waals surface area contributed by atoms with Crippen molar-refractivity contribution in [3.05, 3.63) is 36.8 Å². The number of aryl methyl sites for hydroxylation is 1. The monoisotopic (exact) mass is 351 g/mol. The van der Waals surface area contributed by atoms with E-state index in [1.807, 2.05) is 37.2 Å². The van der Waals surface area contributed by atoms with Crippen LogP contribution in [0.25, 0.3) is 22.4 Å². The summed E-state index contributed by atoms with van der Waals surface area (Å²) in [5.41, 5.74) is 8.88. The quantitative estimate of drug-likeness (QED) is 0.738. The van der Waals surface area contributed by atoms with Crippen LogP contribution in [0.5, 0.6) is 5.75 Å². The van der Waals surface area contributed by atoms with Crippen molar-refractivity contribution in [2.24, 2.45) is 12.8 Å². The Morgan fingerprint density at radius 3 is 2.62 bits per heavy atom. The first-order valence-electron chi connectivity index (χ1n) is 8.47. The first kappa shape index (κ1) is 16.5. The lowest BCUT2D eigenvalue weighted by atomic mass is 10.0. The number of benzene rings is 1. The predicted molar refractivity (Wildman–Crippen MR) is 98.6 cm³/mol. The van der Waals surface area contributed by atoms with Gasteiger partial charge in [0.2, 0.25) is 5.95 Å². The minimum Gasteiger partial charge on any atom is -0.507 e. The number of hydrogen-bond donors (Lipinski definition) is 2. The second kappa shape index (κ2) is 6.06. The van der Waals surface area contributed by atoms with Gasteiger partial charge in [-0.25, -0.2) is 4.98 Å². The zero-order chi connectivity index (χ0) is 18.3. The molecule has 0 spiro atoms. The van der Waals surface area contributed by atoms with Gasteiger partial charge in [0, 0.05) is 43.0 Å². The molecule has 1 atom stereocenters. The zero-order valence-electron chi connectivity index (χ0n) is 14.8. The lowest BCUT2D eigenvalue weighted by molar-refractivity contribution is 0.477. The molecule has 0 aliphatic carbocycles. The molecule has 26 heavy (non-hydrogen) atoms. The normalized spacial score (nSPS) is 19.9. The van der Waals surface area contributed by atoms with Gasteiger partial charge in [0.25, 0.3) is 0 Å². The molecule has 1 aliphatic heterocycles. The van der Waals surface area contributed by atoms with Crippen LogP contribution in [-0.4, -0.2) is 48.7 Å². The minimum atomic E-state index is -0.220. The number of hydrogen-bond acceptors (Lipinski definition) is 7. The fourth-order valence-electron chi connectivity index (χ4n) is 3.19. The van der Waals surface area contributed by atoms with E-state index >= 15 is 0 Å². The highest BCUT2D eigenvalue weighted by Crippen LogP contribution is 2.32. The molecule has 1 saturated heterocycles. The number of phenolic OH excluding ortho intramolecular Hbond substituents is 1. The van der Waals surface area contributed by atoms with Crippen LogP contribution >= 0.6 is 0 Å². The summed E-state index contributed by atoms with van der Waals surface area (Å²) in [4.78, 5) is 6.43. The maximum absolute atomic E-state index is 10.4. The van der Waals surface area contributed by atoms with Crippen LogP contribution in [-0.2, 0) is 7.05 Å². The van der Waals surface area contributed by atoms with E-state index in [9.17, 15) is 5.11 Å². The highest BCUT2D eigenvalue weighted by Gasteiger charge is 2.31. The molecule has 3 heterocycles. The van der Waals surface area contributed by atoms with Crippen molar-refractivity contribution in [3.63, 3.8) is 0 Å². The Hall–Kier alpha value is -3.00. The van der Waals surface area contributed by atoms with Crippen LogP contribution in [0.15, 0.2) is 36.8 Å². The number of aromatic hydroxyl groups is 1. The van der Waals surface area contributed by atoms with E-state index in [2.05, 4.69) is 20.3 Å². The van der Waals surface area contributed by atoms with Crippen LogP contribution in [0, 0.1) is 0 Å². The van der Waals surface area contributed by atoms with Crippen LogP contribution in [0.2, 0.25) is 0 Å². The third-order valence-corrected chi connectivity index (χ3v) is 4.65. The van der Waals surface area contributed by atoms with Gasteiger partial charge in [-0.2, -0.15) is 5.10 Å². The molecule has 4 rings (SSSR count). The summed E-state index contributed by atoms with van der Waals surface area (Å²) < 4.78 is 1.72. The molecule has 2 aromatic heterocycles. The van der Waals surface area contributed by atoms with Crippen molar-refractivity contribution in [1.82, 2.24) is 25.0 Å². The van der Waals surface area contributed by atoms with Gasteiger partial charge in [-0.05, 0) is 31.0 Å². The summed E-state index contributed by atoms with van der Waals surface area (Å²) in [6.45, 7) is 3.55. The third-order valence-electron chi connectivity index (χ3n) is 4.65. The van der Waals surface area contributed by atoms with Gasteiger partial charge in [0.05, 0.1) is 12.4 Å². The van der Waals surface area contributed by atoms with E-state index in [0.29, 0.717) is 23.8 Å². The van der Waals surface area contributed by atoms with Crippen LogP contribution in [0.1, 0.15) is 13.3 Å². The summed E-state index contributed by atoms with van der Waals surface area (Å²) in [6, 6.07) is 5.43. The van der Waals surface area contributed by atoms with Gasteiger partial charge >= 0.3 is 0 Å². The molecule has 0 amide bonds. The van der Waals surface area contributed by atoms with Crippen LogP contribution in [0.3, 0.4) is 0 Å². The number of anilines is 1. The summed E-state index contributed by atoms with van der Waals surface area (Å²) in [5.74, 6) is 0.695. The largest absolute Gasteiger partial charge is 0.507 e. The molecule has 1 fully saturated rings. The number of rotatable bonds is 3. The molecule has 3 N–H and O–H groups in total. The van der Waals surface area contributed by atoms with Gasteiger partial charge in [-0.3, -0.25) is 4.68 Å². The Morgan fingerprint density at radius 2 is 2.04 bits per heavy atom. The Bertz CT molecular complexity index is 933. The first-order chi connectivity index (χ1) is 12.4. The second-order valence-electron chi connectivity index (χ2n) is 7.10. The predicted octanol–water partition coefficient (Wildman–Crippen LogP) is 1.57. The van der Waals surface area contributed by atoms with Crippen molar-refractivity contribution in [2.45, 2.75) is 18.9 Å².